The molecule has 0 aromatic rings. The predicted octanol–water partition coefficient (Wildman–Crippen LogP) is 3.13. The lowest BCUT2D eigenvalue weighted by molar-refractivity contribution is -0.209. The van der Waals surface area contributed by atoms with Crippen molar-refractivity contribution in [2.75, 3.05) is 0 Å². The summed E-state index contributed by atoms with van der Waals surface area (Å²) in [6.45, 7) is 2.06. The van der Waals surface area contributed by atoms with Crippen LogP contribution in [0.5, 0.6) is 0 Å². The molecule has 0 aromatic heterocycles. The lowest BCUT2D eigenvalue weighted by Gasteiger charge is -2.28. The van der Waals surface area contributed by atoms with Crippen molar-refractivity contribution >= 4 is 0 Å². The first-order valence-corrected chi connectivity index (χ1v) is 5.14. The van der Waals surface area contributed by atoms with Crippen molar-refractivity contribution in [3.8, 4) is 0 Å². The van der Waals surface area contributed by atoms with Crippen molar-refractivity contribution in [2.45, 2.75) is 51.3 Å². The van der Waals surface area contributed by atoms with E-state index in [1.165, 1.54) is 0 Å². The summed E-state index contributed by atoms with van der Waals surface area (Å²) in [5.74, 6) is 0.560. The van der Waals surface area contributed by atoms with Gasteiger partial charge in [-0.25, -0.2) is 0 Å². The van der Waals surface area contributed by atoms with Gasteiger partial charge in [-0.05, 0) is 24.7 Å². The zero-order chi connectivity index (χ0) is 10.8. The van der Waals surface area contributed by atoms with E-state index in [1.807, 2.05) is 0 Å². The third kappa shape index (κ3) is 3.48. The Morgan fingerprint density at radius 1 is 1.36 bits per heavy atom. The fraction of sp³-hybridized carbons (Fsp3) is 1.00. The highest BCUT2D eigenvalue weighted by Gasteiger charge is 2.39. The molecule has 1 aliphatic rings. The number of rotatable bonds is 2. The Morgan fingerprint density at radius 2 is 2.00 bits per heavy atom. The molecule has 1 N–H and O–H groups in total. The molecule has 3 atom stereocenters. The van der Waals surface area contributed by atoms with E-state index in [9.17, 15) is 13.2 Å². The van der Waals surface area contributed by atoms with Gasteiger partial charge in [0, 0.05) is 0 Å². The molecule has 3 unspecified atom stereocenters. The van der Waals surface area contributed by atoms with Crippen molar-refractivity contribution in [1.82, 2.24) is 0 Å². The van der Waals surface area contributed by atoms with E-state index in [0.717, 1.165) is 25.7 Å². The van der Waals surface area contributed by atoms with Crippen LogP contribution in [0.2, 0.25) is 0 Å². The molecule has 0 bridgehead atoms. The fourth-order valence-corrected chi connectivity index (χ4v) is 2.22. The number of aliphatic hydroxyl groups excluding tert-OH is 1. The van der Waals surface area contributed by atoms with Crippen LogP contribution >= 0.6 is 0 Å². The highest BCUT2D eigenvalue weighted by atomic mass is 19.4. The Labute approximate surface area is 82.3 Å². The summed E-state index contributed by atoms with van der Waals surface area (Å²) >= 11 is 0. The predicted molar refractivity (Wildman–Crippen MR) is 47.8 cm³/mol. The van der Waals surface area contributed by atoms with Crippen LogP contribution in [0, 0.1) is 11.8 Å². The van der Waals surface area contributed by atoms with Gasteiger partial charge < -0.3 is 5.11 Å². The molecule has 0 aliphatic heterocycles. The zero-order valence-corrected chi connectivity index (χ0v) is 8.35. The third-order valence-corrected chi connectivity index (χ3v) is 2.98. The first-order chi connectivity index (χ1) is 6.39. The van der Waals surface area contributed by atoms with Crippen molar-refractivity contribution in [2.24, 2.45) is 11.8 Å². The minimum absolute atomic E-state index is 0.0513. The molecule has 0 heterocycles. The first kappa shape index (κ1) is 11.8. The summed E-state index contributed by atoms with van der Waals surface area (Å²) in [7, 11) is 0. The monoisotopic (exact) mass is 210 g/mol. The normalized spacial score (nSPS) is 31.5. The Morgan fingerprint density at radius 3 is 2.50 bits per heavy atom. The largest absolute Gasteiger partial charge is 0.414 e. The van der Waals surface area contributed by atoms with Gasteiger partial charge in [0.1, 0.15) is 6.10 Å². The number of hydrogen-bond donors (Lipinski definition) is 1. The second-order valence-electron chi connectivity index (χ2n) is 4.43. The molecular weight excluding hydrogens is 193 g/mol. The smallest absolute Gasteiger partial charge is 0.384 e. The summed E-state index contributed by atoms with van der Waals surface area (Å²) in [5.41, 5.74) is 0. The Bertz CT molecular complexity index is 179. The molecule has 4 heteroatoms. The van der Waals surface area contributed by atoms with E-state index >= 15 is 0 Å². The Hall–Kier alpha value is -0.250. The molecule has 1 nitrogen and oxygen atoms in total. The molecule has 14 heavy (non-hydrogen) atoms. The fourth-order valence-electron chi connectivity index (χ4n) is 2.22. The molecule has 0 amide bonds. The van der Waals surface area contributed by atoms with E-state index in [0.29, 0.717) is 5.92 Å². The molecule has 1 fully saturated rings. The number of hydrogen-bond acceptors (Lipinski definition) is 1. The zero-order valence-electron chi connectivity index (χ0n) is 8.35. The van der Waals surface area contributed by atoms with Gasteiger partial charge in [0.05, 0.1) is 0 Å². The summed E-state index contributed by atoms with van der Waals surface area (Å²) in [6.07, 6.45) is -2.92. The van der Waals surface area contributed by atoms with Crippen LogP contribution in [0.25, 0.3) is 0 Å². The maximum Gasteiger partial charge on any atom is 0.414 e. The summed E-state index contributed by atoms with van der Waals surface area (Å²) < 4.78 is 36.2. The van der Waals surface area contributed by atoms with Crippen molar-refractivity contribution in [3.63, 3.8) is 0 Å². The molecule has 1 rings (SSSR count). The Balaban J connectivity index is 2.36. The van der Waals surface area contributed by atoms with Crippen LogP contribution in [-0.4, -0.2) is 17.4 Å². The molecule has 0 aromatic carbocycles. The maximum atomic E-state index is 12.1. The molecule has 1 aliphatic carbocycles. The Kier molecular flexibility index (Phi) is 3.81. The van der Waals surface area contributed by atoms with Gasteiger partial charge in [-0.2, -0.15) is 13.2 Å². The minimum atomic E-state index is -4.44. The average Bonchev–Trinajstić information content (AvgIpc) is 2.02. The standard InChI is InChI=1S/C10H17F3O/c1-7-3-2-4-8(5-7)6-9(14)10(11,12)13/h7-9,14H,2-6H2,1H3. The van der Waals surface area contributed by atoms with Crippen LogP contribution in [-0.2, 0) is 0 Å². The molecule has 0 saturated heterocycles. The first-order valence-electron chi connectivity index (χ1n) is 5.14. The summed E-state index contributed by atoms with van der Waals surface area (Å²) in [5, 5.41) is 8.90. The van der Waals surface area contributed by atoms with Crippen molar-refractivity contribution in [1.29, 1.82) is 0 Å². The van der Waals surface area contributed by atoms with Crippen LogP contribution in [0.1, 0.15) is 39.0 Å². The van der Waals surface area contributed by atoms with Gasteiger partial charge in [0.15, 0.2) is 0 Å². The van der Waals surface area contributed by atoms with Gasteiger partial charge in [-0.15, -0.1) is 0 Å². The highest BCUT2D eigenvalue weighted by molar-refractivity contribution is 4.76. The molecular formula is C10H17F3O. The SMILES string of the molecule is CC1CCCC(CC(O)C(F)(F)F)C1. The van der Waals surface area contributed by atoms with Crippen molar-refractivity contribution in [3.05, 3.63) is 0 Å². The van der Waals surface area contributed by atoms with Crippen LogP contribution in [0.3, 0.4) is 0 Å². The van der Waals surface area contributed by atoms with E-state index in [1.54, 1.807) is 0 Å². The molecule has 0 spiro atoms. The second kappa shape index (κ2) is 4.51. The van der Waals surface area contributed by atoms with Gasteiger partial charge in [0.2, 0.25) is 0 Å². The average molecular weight is 210 g/mol. The lowest BCUT2D eigenvalue weighted by atomic mass is 9.80. The van der Waals surface area contributed by atoms with Crippen LogP contribution in [0.15, 0.2) is 0 Å². The number of halogens is 3. The topological polar surface area (TPSA) is 20.2 Å². The van der Waals surface area contributed by atoms with Gasteiger partial charge in [-0.3, -0.25) is 0 Å². The quantitative estimate of drug-likeness (QED) is 0.742. The van der Waals surface area contributed by atoms with E-state index in [2.05, 4.69) is 6.92 Å². The van der Waals surface area contributed by atoms with E-state index in [4.69, 9.17) is 5.11 Å². The second-order valence-corrected chi connectivity index (χ2v) is 4.43. The van der Waals surface area contributed by atoms with Gasteiger partial charge in [-0.1, -0.05) is 26.2 Å². The summed E-state index contributed by atoms with van der Waals surface area (Å²) in [4.78, 5) is 0. The number of aliphatic hydroxyl groups is 1. The van der Waals surface area contributed by atoms with Gasteiger partial charge >= 0.3 is 6.18 Å². The van der Waals surface area contributed by atoms with E-state index < -0.39 is 12.3 Å². The third-order valence-electron chi connectivity index (χ3n) is 2.98. The van der Waals surface area contributed by atoms with Crippen LogP contribution in [0.4, 0.5) is 13.2 Å². The van der Waals surface area contributed by atoms with Crippen molar-refractivity contribution < 1.29 is 18.3 Å². The highest BCUT2D eigenvalue weighted by Crippen LogP contribution is 2.34. The van der Waals surface area contributed by atoms with E-state index in [-0.39, 0.29) is 12.3 Å². The summed E-state index contributed by atoms with van der Waals surface area (Å²) in [6, 6.07) is 0. The number of alkyl halides is 3. The maximum absolute atomic E-state index is 12.1. The molecule has 0 radical (unpaired) electrons. The van der Waals surface area contributed by atoms with Crippen LogP contribution < -0.4 is 0 Å². The lowest BCUT2D eigenvalue weighted by Crippen LogP contribution is -2.31. The molecule has 84 valence electrons. The van der Waals surface area contributed by atoms with Gasteiger partial charge in [0.25, 0.3) is 0 Å². The molecule has 1 saturated carbocycles. The minimum Gasteiger partial charge on any atom is -0.384 e.